The van der Waals surface area contributed by atoms with Gasteiger partial charge in [0, 0.05) is 4.47 Å². The van der Waals surface area contributed by atoms with Gasteiger partial charge < -0.3 is 9.84 Å². The Balaban J connectivity index is 2.10. The Morgan fingerprint density at radius 1 is 1.55 bits per heavy atom. The van der Waals surface area contributed by atoms with E-state index >= 15 is 0 Å². The number of halogens is 1. The number of nitriles is 1. The van der Waals surface area contributed by atoms with Crippen molar-refractivity contribution in [3.05, 3.63) is 34.3 Å². The van der Waals surface area contributed by atoms with Gasteiger partial charge in [0.2, 0.25) is 0 Å². The van der Waals surface area contributed by atoms with Gasteiger partial charge in [-0.3, -0.25) is 0 Å². The van der Waals surface area contributed by atoms with Crippen molar-refractivity contribution in [3.8, 4) is 6.07 Å². The van der Waals surface area contributed by atoms with Gasteiger partial charge in [-0.2, -0.15) is 5.26 Å². The molecule has 0 aliphatic carbocycles. The van der Waals surface area contributed by atoms with Crippen molar-refractivity contribution >= 4 is 15.9 Å². The van der Waals surface area contributed by atoms with Crippen molar-refractivity contribution in [2.75, 3.05) is 0 Å². The Morgan fingerprint density at radius 2 is 2.35 bits per heavy atom. The summed E-state index contributed by atoms with van der Waals surface area (Å²) in [5.41, 5.74) is -1.19. The van der Waals surface area contributed by atoms with Gasteiger partial charge in [0.25, 0.3) is 0 Å². The highest BCUT2D eigenvalue weighted by Crippen LogP contribution is 2.57. The van der Waals surface area contributed by atoms with Crippen molar-refractivity contribution in [1.82, 2.24) is 0 Å². The van der Waals surface area contributed by atoms with Crippen LogP contribution in [0.25, 0.3) is 0 Å². The molecule has 4 atom stereocenters. The molecule has 2 saturated heterocycles. The molecular weight excluding hydrogens is 318 g/mol. The van der Waals surface area contributed by atoms with E-state index in [4.69, 9.17) is 4.74 Å². The van der Waals surface area contributed by atoms with E-state index in [0.29, 0.717) is 12.8 Å². The van der Waals surface area contributed by atoms with Crippen molar-refractivity contribution < 1.29 is 9.84 Å². The predicted molar refractivity (Wildman–Crippen MR) is 78.9 cm³/mol. The molecule has 3 nitrogen and oxygen atoms in total. The average Bonchev–Trinajstić information content (AvgIpc) is 3.07. The van der Waals surface area contributed by atoms with Crippen LogP contribution in [0, 0.1) is 16.7 Å². The zero-order valence-electron chi connectivity index (χ0n) is 11.5. The van der Waals surface area contributed by atoms with Gasteiger partial charge >= 0.3 is 0 Å². The molecule has 2 fully saturated rings. The number of nitrogens with zero attached hydrogens (tertiary/aromatic N) is 1. The summed E-state index contributed by atoms with van der Waals surface area (Å²) >= 11 is 3.45. The number of aliphatic hydroxyl groups is 1. The Morgan fingerprint density at radius 3 is 2.85 bits per heavy atom. The first-order valence-corrected chi connectivity index (χ1v) is 7.90. The molecule has 4 heteroatoms. The minimum Gasteiger partial charge on any atom is -0.383 e. The first-order valence-electron chi connectivity index (χ1n) is 7.11. The van der Waals surface area contributed by atoms with E-state index in [1.807, 2.05) is 31.2 Å². The smallest absolute Gasteiger partial charge is 0.119 e. The number of hydrogen-bond acceptors (Lipinski definition) is 3. The second kappa shape index (κ2) is 4.84. The number of ether oxygens (including phenoxy) is 1. The summed E-state index contributed by atoms with van der Waals surface area (Å²) in [6, 6.07) is 10.1. The summed E-state index contributed by atoms with van der Waals surface area (Å²) in [7, 11) is 0. The molecule has 2 bridgehead atoms. The van der Waals surface area contributed by atoms with E-state index in [1.54, 1.807) is 0 Å². The molecule has 1 N–H and O–H groups in total. The molecule has 0 spiro atoms. The van der Waals surface area contributed by atoms with Gasteiger partial charge in [-0.15, -0.1) is 0 Å². The number of benzene rings is 1. The van der Waals surface area contributed by atoms with E-state index in [-0.39, 0.29) is 12.2 Å². The van der Waals surface area contributed by atoms with E-state index in [9.17, 15) is 10.4 Å². The van der Waals surface area contributed by atoms with Crippen molar-refractivity contribution in [1.29, 1.82) is 5.26 Å². The van der Waals surface area contributed by atoms with Crippen LogP contribution in [0.4, 0.5) is 0 Å². The molecule has 0 amide bonds. The maximum atomic E-state index is 11.4. The molecule has 106 valence electrons. The molecule has 2 heterocycles. The molecule has 0 aromatic heterocycles. The summed E-state index contributed by atoms with van der Waals surface area (Å²) in [4.78, 5) is 0. The van der Waals surface area contributed by atoms with E-state index in [2.05, 4.69) is 22.0 Å². The fourth-order valence-corrected chi connectivity index (χ4v) is 4.28. The van der Waals surface area contributed by atoms with Crippen LogP contribution in [0.15, 0.2) is 28.7 Å². The second-order valence-electron chi connectivity index (χ2n) is 5.84. The SMILES string of the molecule is CCC(O)(c1cccc(Br)c1)C1(C#N)CC2CCC1O2. The van der Waals surface area contributed by atoms with Gasteiger partial charge in [0.1, 0.15) is 11.0 Å². The molecule has 3 rings (SSSR count). The van der Waals surface area contributed by atoms with E-state index in [0.717, 1.165) is 22.9 Å². The van der Waals surface area contributed by atoms with Crippen molar-refractivity contribution in [2.24, 2.45) is 5.41 Å². The minimum atomic E-state index is -1.16. The average molecular weight is 336 g/mol. The van der Waals surface area contributed by atoms with Crippen LogP contribution in [-0.4, -0.2) is 17.3 Å². The largest absolute Gasteiger partial charge is 0.383 e. The van der Waals surface area contributed by atoms with Crippen molar-refractivity contribution in [2.45, 2.75) is 50.4 Å². The van der Waals surface area contributed by atoms with Crippen molar-refractivity contribution in [3.63, 3.8) is 0 Å². The zero-order chi connectivity index (χ0) is 14.4. The molecule has 1 aromatic rings. The number of rotatable bonds is 3. The van der Waals surface area contributed by atoms with Gasteiger partial charge in [0.15, 0.2) is 0 Å². The zero-order valence-corrected chi connectivity index (χ0v) is 13.1. The predicted octanol–water partition coefficient (Wildman–Crippen LogP) is 3.51. The highest BCUT2D eigenvalue weighted by Gasteiger charge is 2.63. The lowest BCUT2D eigenvalue weighted by Crippen LogP contribution is -2.50. The molecule has 0 radical (unpaired) electrons. The third kappa shape index (κ3) is 1.77. The first kappa shape index (κ1) is 14.1. The fourth-order valence-electron chi connectivity index (χ4n) is 3.88. The Labute approximate surface area is 127 Å². The van der Waals surface area contributed by atoms with E-state index in [1.165, 1.54) is 0 Å². The fraction of sp³-hybridized carbons (Fsp3) is 0.562. The maximum Gasteiger partial charge on any atom is 0.119 e. The molecule has 4 unspecified atom stereocenters. The van der Waals surface area contributed by atoms with Gasteiger partial charge in [-0.05, 0) is 43.4 Å². The summed E-state index contributed by atoms with van der Waals surface area (Å²) in [5.74, 6) is 0. The molecule has 2 aliphatic rings. The molecular formula is C16H18BrNO2. The first-order chi connectivity index (χ1) is 9.55. The lowest BCUT2D eigenvalue weighted by atomic mass is 9.60. The van der Waals surface area contributed by atoms with Crippen LogP contribution in [0.1, 0.15) is 38.2 Å². The Kier molecular flexibility index (Phi) is 3.40. The van der Waals surface area contributed by atoms with Crippen LogP contribution >= 0.6 is 15.9 Å². The standard InChI is InChI=1S/C16H18BrNO2/c1-2-16(19,11-4-3-5-12(17)8-11)15(10-18)9-13-6-7-14(15)20-13/h3-5,8,13-14,19H,2,6-7,9H2,1H3. The van der Waals surface area contributed by atoms with Crippen LogP contribution < -0.4 is 0 Å². The van der Waals surface area contributed by atoms with Gasteiger partial charge in [0.05, 0.1) is 18.3 Å². The Hall–Kier alpha value is -0.890. The Bertz CT molecular complexity index is 570. The summed E-state index contributed by atoms with van der Waals surface area (Å²) in [6.07, 6.45) is 2.99. The summed E-state index contributed by atoms with van der Waals surface area (Å²) in [5, 5.41) is 21.2. The lowest BCUT2D eigenvalue weighted by molar-refractivity contribution is -0.0941. The quantitative estimate of drug-likeness (QED) is 0.919. The normalized spacial score (nSPS) is 34.7. The van der Waals surface area contributed by atoms with Crippen LogP contribution in [0.3, 0.4) is 0 Å². The third-order valence-corrected chi connectivity index (χ3v) is 5.45. The summed E-state index contributed by atoms with van der Waals surface area (Å²) in [6.45, 7) is 1.94. The topological polar surface area (TPSA) is 53.2 Å². The molecule has 1 aromatic carbocycles. The number of hydrogen-bond donors (Lipinski definition) is 1. The summed E-state index contributed by atoms with van der Waals surface area (Å²) < 4.78 is 6.80. The maximum absolute atomic E-state index is 11.4. The van der Waals surface area contributed by atoms with Crippen LogP contribution in [-0.2, 0) is 10.3 Å². The second-order valence-corrected chi connectivity index (χ2v) is 6.75. The van der Waals surface area contributed by atoms with Crippen LogP contribution in [0.5, 0.6) is 0 Å². The molecule has 2 aliphatic heterocycles. The molecule has 0 saturated carbocycles. The monoisotopic (exact) mass is 335 g/mol. The number of fused-ring (bicyclic) bond motifs is 2. The van der Waals surface area contributed by atoms with Gasteiger partial charge in [-0.1, -0.05) is 35.0 Å². The van der Waals surface area contributed by atoms with E-state index < -0.39 is 11.0 Å². The minimum absolute atomic E-state index is 0.130. The highest BCUT2D eigenvalue weighted by molar-refractivity contribution is 9.10. The highest BCUT2D eigenvalue weighted by atomic mass is 79.9. The lowest BCUT2D eigenvalue weighted by Gasteiger charge is -2.43. The molecule has 20 heavy (non-hydrogen) atoms. The van der Waals surface area contributed by atoms with Gasteiger partial charge in [-0.25, -0.2) is 0 Å². The third-order valence-electron chi connectivity index (χ3n) is 4.96. The van der Waals surface area contributed by atoms with Crippen LogP contribution in [0.2, 0.25) is 0 Å².